The van der Waals surface area contributed by atoms with Gasteiger partial charge in [0.2, 0.25) is 0 Å². The molecule has 0 amide bonds. The Hall–Kier alpha value is -2.24. The van der Waals surface area contributed by atoms with Crippen LogP contribution in [0.3, 0.4) is 0 Å². The van der Waals surface area contributed by atoms with E-state index in [-0.39, 0.29) is 11.4 Å². The fourth-order valence-electron chi connectivity index (χ4n) is 1.28. The SMILES string of the molecule is CCOC(=O)c1cn2cc(C=O)ncc2n1. The number of hydrogen-bond acceptors (Lipinski definition) is 5. The molecule has 0 spiro atoms. The first-order valence-electron chi connectivity index (χ1n) is 4.71. The summed E-state index contributed by atoms with van der Waals surface area (Å²) in [6.07, 6.45) is 5.05. The molecule has 0 aliphatic rings. The maximum atomic E-state index is 11.4. The number of nitrogens with zero attached hydrogens (tertiary/aromatic N) is 3. The predicted octanol–water partition coefficient (Wildman–Crippen LogP) is 0.718. The number of aromatic nitrogens is 3. The second-order valence-electron chi connectivity index (χ2n) is 3.04. The van der Waals surface area contributed by atoms with Crippen LogP contribution in [0.5, 0.6) is 0 Å². The zero-order chi connectivity index (χ0) is 11.5. The third-order valence-electron chi connectivity index (χ3n) is 1.97. The average Bonchev–Trinajstić information content (AvgIpc) is 2.71. The normalized spacial score (nSPS) is 10.3. The molecule has 6 heteroatoms. The highest BCUT2D eigenvalue weighted by atomic mass is 16.5. The number of aldehydes is 1. The Labute approximate surface area is 90.9 Å². The van der Waals surface area contributed by atoms with E-state index in [9.17, 15) is 9.59 Å². The quantitative estimate of drug-likeness (QED) is 0.561. The lowest BCUT2D eigenvalue weighted by Gasteiger charge is -1.95. The van der Waals surface area contributed by atoms with Gasteiger partial charge in [0.1, 0.15) is 5.69 Å². The lowest BCUT2D eigenvalue weighted by Crippen LogP contribution is -2.04. The molecule has 0 radical (unpaired) electrons. The fraction of sp³-hybridized carbons (Fsp3) is 0.200. The number of esters is 1. The average molecular weight is 219 g/mol. The van der Waals surface area contributed by atoms with Crippen molar-refractivity contribution in [3.05, 3.63) is 30.0 Å². The van der Waals surface area contributed by atoms with Crippen molar-refractivity contribution < 1.29 is 14.3 Å². The maximum absolute atomic E-state index is 11.4. The van der Waals surface area contributed by atoms with Gasteiger partial charge in [0.25, 0.3) is 0 Å². The van der Waals surface area contributed by atoms with Crippen LogP contribution in [0.25, 0.3) is 5.65 Å². The van der Waals surface area contributed by atoms with Crippen molar-refractivity contribution in [3.8, 4) is 0 Å². The van der Waals surface area contributed by atoms with Crippen LogP contribution in [-0.4, -0.2) is 33.2 Å². The van der Waals surface area contributed by atoms with Crippen molar-refractivity contribution in [3.63, 3.8) is 0 Å². The molecule has 16 heavy (non-hydrogen) atoms. The van der Waals surface area contributed by atoms with Crippen LogP contribution < -0.4 is 0 Å². The van der Waals surface area contributed by atoms with Gasteiger partial charge in [-0.1, -0.05) is 0 Å². The number of fused-ring (bicyclic) bond motifs is 1. The van der Waals surface area contributed by atoms with E-state index in [4.69, 9.17) is 4.74 Å². The molecule has 0 unspecified atom stereocenters. The molecular formula is C10H9N3O3. The summed E-state index contributed by atoms with van der Waals surface area (Å²) >= 11 is 0. The van der Waals surface area contributed by atoms with Crippen LogP contribution in [0.4, 0.5) is 0 Å². The van der Waals surface area contributed by atoms with Gasteiger partial charge in [-0.05, 0) is 6.92 Å². The van der Waals surface area contributed by atoms with Crippen molar-refractivity contribution in [2.24, 2.45) is 0 Å². The lowest BCUT2D eigenvalue weighted by molar-refractivity contribution is 0.0520. The van der Waals surface area contributed by atoms with E-state index in [1.54, 1.807) is 11.3 Å². The van der Waals surface area contributed by atoms with Gasteiger partial charge >= 0.3 is 5.97 Å². The number of rotatable bonds is 3. The van der Waals surface area contributed by atoms with Crippen molar-refractivity contribution in [1.82, 2.24) is 14.4 Å². The maximum Gasteiger partial charge on any atom is 0.358 e. The topological polar surface area (TPSA) is 73.6 Å². The molecule has 2 heterocycles. The van der Waals surface area contributed by atoms with Gasteiger partial charge in [0.05, 0.1) is 12.8 Å². The van der Waals surface area contributed by atoms with Gasteiger partial charge in [0, 0.05) is 12.4 Å². The standard InChI is InChI=1S/C10H9N3O3/c1-2-16-10(15)8-5-13-4-7(6-14)11-3-9(13)12-8/h3-6H,2H2,1H3. The Morgan fingerprint density at radius 1 is 1.56 bits per heavy atom. The highest BCUT2D eigenvalue weighted by molar-refractivity contribution is 5.88. The lowest BCUT2D eigenvalue weighted by atomic mass is 10.5. The molecule has 0 aliphatic carbocycles. The van der Waals surface area contributed by atoms with Crippen LogP contribution in [-0.2, 0) is 4.74 Å². The molecule has 0 bridgehead atoms. The zero-order valence-corrected chi connectivity index (χ0v) is 8.58. The van der Waals surface area contributed by atoms with Crippen LogP contribution in [0.2, 0.25) is 0 Å². The number of imidazole rings is 1. The largest absolute Gasteiger partial charge is 0.461 e. The second kappa shape index (κ2) is 4.09. The minimum atomic E-state index is -0.487. The van der Waals surface area contributed by atoms with Gasteiger partial charge in [-0.2, -0.15) is 0 Å². The Balaban J connectivity index is 2.43. The first-order valence-corrected chi connectivity index (χ1v) is 4.71. The minimum absolute atomic E-state index is 0.201. The summed E-state index contributed by atoms with van der Waals surface area (Å²) in [4.78, 5) is 29.7. The Morgan fingerprint density at radius 3 is 3.06 bits per heavy atom. The third kappa shape index (κ3) is 1.77. The highest BCUT2D eigenvalue weighted by Gasteiger charge is 2.11. The van der Waals surface area contributed by atoms with E-state index in [1.807, 2.05) is 0 Å². The first kappa shape index (κ1) is 10.3. The van der Waals surface area contributed by atoms with Gasteiger partial charge in [-0.15, -0.1) is 0 Å². The number of carbonyl (C=O) groups excluding carboxylic acids is 2. The Morgan fingerprint density at radius 2 is 2.38 bits per heavy atom. The Kier molecular flexibility index (Phi) is 2.63. The molecule has 0 atom stereocenters. The van der Waals surface area contributed by atoms with Crippen molar-refractivity contribution in [2.45, 2.75) is 6.92 Å². The number of carbonyl (C=O) groups is 2. The fourth-order valence-corrected chi connectivity index (χ4v) is 1.28. The molecule has 0 saturated carbocycles. The van der Waals surface area contributed by atoms with Gasteiger partial charge in [-0.25, -0.2) is 14.8 Å². The van der Waals surface area contributed by atoms with Crippen LogP contribution in [0.15, 0.2) is 18.6 Å². The monoisotopic (exact) mass is 219 g/mol. The summed E-state index contributed by atoms with van der Waals surface area (Å²) in [6, 6.07) is 0. The molecule has 0 aliphatic heterocycles. The number of ether oxygens (including phenoxy) is 1. The van der Waals surface area contributed by atoms with Crippen LogP contribution in [0.1, 0.15) is 27.9 Å². The van der Waals surface area contributed by atoms with Gasteiger partial charge < -0.3 is 9.14 Å². The number of hydrogen-bond donors (Lipinski definition) is 0. The van der Waals surface area contributed by atoms with E-state index in [2.05, 4.69) is 9.97 Å². The van der Waals surface area contributed by atoms with Gasteiger partial charge in [-0.3, -0.25) is 4.79 Å². The molecule has 2 rings (SSSR count). The summed E-state index contributed by atoms with van der Waals surface area (Å²) in [5, 5.41) is 0. The molecule has 82 valence electrons. The van der Waals surface area contributed by atoms with E-state index in [1.165, 1.54) is 18.6 Å². The molecule has 0 N–H and O–H groups in total. The molecule has 2 aromatic rings. The van der Waals surface area contributed by atoms with Crippen molar-refractivity contribution >= 4 is 17.9 Å². The molecule has 0 fully saturated rings. The molecular weight excluding hydrogens is 210 g/mol. The summed E-state index contributed by atoms with van der Waals surface area (Å²) in [6.45, 7) is 2.02. The highest BCUT2D eigenvalue weighted by Crippen LogP contribution is 2.05. The van der Waals surface area contributed by atoms with E-state index in [0.29, 0.717) is 18.5 Å². The summed E-state index contributed by atoms with van der Waals surface area (Å²) < 4.78 is 6.37. The summed E-state index contributed by atoms with van der Waals surface area (Å²) in [5.41, 5.74) is 0.973. The molecule has 2 aromatic heterocycles. The van der Waals surface area contributed by atoms with Crippen molar-refractivity contribution in [2.75, 3.05) is 6.61 Å². The van der Waals surface area contributed by atoms with Gasteiger partial charge in [0.15, 0.2) is 17.6 Å². The van der Waals surface area contributed by atoms with Crippen LogP contribution >= 0.6 is 0 Å². The van der Waals surface area contributed by atoms with Crippen LogP contribution in [0, 0.1) is 0 Å². The van der Waals surface area contributed by atoms with E-state index in [0.717, 1.165) is 0 Å². The minimum Gasteiger partial charge on any atom is -0.461 e. The Bertz CT molecular complexity index is 547. The van der Waals surface area contributed by atoms with E-state index < -0.39 is 5.97 Å². The van der Waals surface area contributed by atoms with E-state index >= 15 is 0 Å². The summed E-state index contributed by atoms with van der Waals surface area (Å²) in [5.74, 6) is -0.487. The predicted molar refractivity (Wildman–Crippen MR) is 54.3 cm³/mol. The molecule has 6 nitrogen and oxygen atoms in total. The molecule has 0 aromatic carbocycles. The molecule has 0 saturated heterocycles. The third-order valence-corrected chi connectivity index (χ3v) is 1.97. The smallest absolute Gasteiger partial charge is 0.358 e. The van der Waals surface area contributed by atoms with Crippen molar-refractivity contribution in [1.29, 1.82) is 0 Å². The first-order chi connectivity index (χ1) is 7.74. The zero-order valence-electron chi connectivity index (χ0n) is 8.58. The second-order valence-corrected chi connectivity index (χ2v) is 3.04. The summed E-state index contributed by atoms with van der Waals surface area (Å²) in [7, 11) is 0.